The Kier molecular flexibility index (Phi) is 5.12. The van der Waals surface area contributed by atoms with Gasteiger partial charge in [0.25, 0.3) is 0 Å². The molecule has 1 rings (SSSR count). The standard InChI is InChI=1S/C12H17BrO2/c1-9(2)14-6-7-15-12-8-11(13)5-4-10(12)3/h4-5,8-9H,6-7H2,1-3H3. The van der Waals surface area contributed by atoms with Crippen molar-refractivity contribution in [2.45, 2.75) is 26.9 Å². The number of benzene rings is 1. The Balaban J connectivity index is 2.40. The quantitative estimate of drug-likeness (QED) is 0.764. The van der Waals surface area contributed by atoms with Crippen LogP contribution in [0.2, 0.25) is 0 Å². The Labute approximate surface area is 99.7 Å². The molecule has 0 heterocycles. The molecule has 0 spiro atoms. The number of aryl methyl sites for hydroxylation is 1. The predicted molar refractivity (Wildman–Crippen MR) is 65.5 cm³/mol. The second kappa shape index (κ2) is 6.13. The predicted octanol–water partition coefficient (Wildman–Crippen LogP) is 3.56. The molecule has 0 radical (unpaired) electrons. The number of hydrogen-bond donors (Lipinski definition) is 0. The molecule has 0 saturated heterocycles. The molecule has 0 fully saturated rings. The number of hydrogen-bond acceptors (Lipinski definition) is 2. The minimum absolute atomic E-state index is 0.261. The molecular weight excluding hydrogens is 256 g/mol. The summed E-state index contributed by atoms with van der Waals surface area (Å²) in [6.07, 6.45) is 0.261. The number of ether oxygens (including phenoxy) is 2. The Morgan fingerprint density at radius 2 is 2.00 bits per heavy atom. The summed E-state index contributed by atoms with van der Waals surface area (Å²) in [6.45, 7) is 7.29. The highest BCUT2D eigenvalue weighted by Crippen LogP contribution is 2.22. The first kappa shape index (κ1) is 12.5. The van der Waals surface area contributed by atoms with E-state index in [4.69, 9.17) is 9.47 Å². The van der Waals surface area contributed by atoms with E-state index in [2.05, 4.69) is 15.9 Å². The van der Waals surface area contributed by atoms with Crippen molar-refractivity contribution < 1.29 is 9.47 Å². The van der Waals surface area contributed by atoms with E-state index < -0.39 is 0 Å². The van der Waals surface area contributed by atoms with Crippen molar-refractivity contribution in [3.8, 4) is 5.75 Å². The molecule has 0 aromatic heterocycles. The fourth-order valence-corrected chi connectivity index (χ4v) is 1.50. The Bertz CT molecular complexity index is 310. The molecule has 3 heteroatoms. The molecule has 0 aliphatic rings. The Morgan fingerprint density at radius 3 is 2.67 bits per heavy atom. The van der Waals surface area contributed by atoms with Crippen LogP contribution < -0.4 is 4.74 Å². The van der Waals surface area contributed by atoms with Gasteiger partial charge < -0.3 is 9.47 Å². The highest BCUT2D eigenvalue weighted by Gasteiger charge is 2.00. The number of rotatable bonds is 5. The van der Waals surface area contributed by atoms with Gasteiger partial charge >= 0.3 is 0 Å². The van der Waals surface area contributed by atoms with Crippen molar-refractivity contribution in [1.29, 1.82) is 0 Å². The van der Waals surface area contributed by atoms with Gasteiger partial charge in [-0.2, -0.15) is 0 Å². The maximum atomic E-state index is 5.61. The summed E-state index contributed by atoms with van der Waals surface area (Å²) in [5, 5.41) is 0. The van der Waals surface area contributed by atoms with Crippen LogP contribution in [-0.2, 0) is 4.74 Å². The Morgan fingerprint density at radius 1 is 1.27 bits per heavy atom. The monoisotopic (exact) mass is 272 g/mol. The third-order valence-corrected chi connectivity index (χ3v) is 2.44. The highest BCUT2D eigenvalue weighted by atomic mass is 79.9. The van der Waals surface area contributed by atoms with E-state index in [9.17, 15) is 0 Å². The van der Waals surface area contributed by atoms with Crippen LogP contribution in [0.4, 0.5) is 0 Å². The maximum absolute atomic E-state index is 5.61. The maximum Gasteiger partial charge on any atom is 0.123 e. The molecule has 84 valence electrons. The van der Waals surface area contributed by atoms with Gasteiger partial charge in [-0.15, -0.1) is 0 Å². The van der Waals surface area contributed by atoms with Crippen LogP contribution in [0, 0.1) is 6.92 Å². The molecule has 0 bridgehead atoms. The lowest BCUT2D eigenvalue weighted by molar-refractivity contribution is 0.0551. The fraction of sp³-hybridized carbons (Fsp3) is 0.500. The molecule has 0 N–H and O–H groups in total. The summed E-state index contributed by atoms with van der Waals surface area (Å²) >= 11 is 3.42. The van der Waals surface area contributed by atoms with Gasteiger partial charge in [0.1, 0.15) is 12.4 Å². The largest absolute Gasteiger partial charge is 0.491 e. The van der Waals surface area contributed by atoms with Crippen molar-refractivity contribution in [3.05, 3.63) is 28.2 Å². The van der Waals surface area contributed by atoms with Crippen LogP contribution in [0.3, 0.4) is 0 Å². The lowest BCUT2D eigenvalue weighted by Gasteiger charge is -2.11. The normalized spacial score (nSPS) is 10.7. The summed E-state index contributed by atoms with van der Waals surface area (Å²) < 4.78 is 12.0. The molecule has 0 aliphatic carbocycles. The molecule has 2 nitrogen and oxygen atoms in total. The zero-order chi connectivity index (χ0) is 11.3. The van der Waals surface area contributed by atoms with Gasteiger partial charge in [0.15, 0.2) is 0 Å². The zero-order valence-corrected chi connectivity index (χ0v) is 11.0. The molecule has 1 aromatic carbocycles. The van der Waals surface area contributed by atoms with Gasteiger partial charge in [0.05, 0.1) is 12.7 Å². The van der Waals surface area contributed by atoms with E-state index in [0.717, 1.165) is 15.8 Å². The summed E-state index contributed by atoms with van der Waals surface area (Å²) in [4.78, 5) is 0. The number of halogens is 1. The minimum atomic E-state index is 0.261. The van der Waals surface area contributed by atoms with Crippen molar-refractivity contribution in [2.24, 2.45) is 0 Å². The molecule has 0 saturated carbocycles. The third-order valence-electron chi connectivity index (χ3n) is 1.94. The topological polar surface area (TPSA) is 18.5 Å². The smallest absolute Gasteiger partial charge is 0.123 e. The first-order valence-electron chi connectivity index (χ1n) is 5.10. The van der Waals surface area contributed by atoms with Crippen molar-refractivity contribution in [1.82, 2.24) is 0 Å². The highest BCUT2D eigenvalue weighted by molar-refractivity contribution is 9.10. The second-order valence-corrected chi connectivity index (χ2v) is 4.59. The average molecular weight is 273 g/mol. The Hall–Kier alpha value is -0.540. The SMILES string of the molecule is Cc1ccc(Br)cc1OCCOC(C)C. The van der Waals surface area contributed by atoms with Gasteiger partial charge in [-0.25, -0.2) is 0 Å². The van der Waals surface area contributed by atoms with Crippen molar-refractivity contribution in [2.75, 3.05) is 13.2 Å². The average Bonchev–Trinajstić information content (AvgIpc) is 2.17. The van der Waals surface area contributed by atoms with Crippen LogP contribution in [0.25, 0.3) is 0 Å². The van der Waals surface area contributed by atoms with Gasteiger partial charge in [0, 0.05) is 4.47 Å². The van der Waals surface area contributed by atoms with Crippen LogP contribution in [0.15, 0.2) is 22.7 Å². The lowest BCUT2D eigenvalue weighted by Crippen LogP contribution is -2.11. The van der Waals surface area contributed by atoms with Gasteiger partial charge in [-0.1, -0.05) is 22.0 Å². The van der Waals surface area contributed by atoms with Gasteiger partial charge in [-0.05, 0) is 38.5 Å². The summed E-state index contributed by atoms with van der Waals surface area (Å²) in [6, 6.07) is 6.01. The minimum Gasteiger partial charge on any atom is -0.491 e. The fourth-order valence-electron chi connectivity index (χ4n) is 1.16. The van der Waals surface area contributed by atoms with Crippen molar-refractivity contribution in [3.63, 3.8) is 0 Å². The van der Waals surface area contributed by atoms with Crippen LogP contribution in [-0.4, -0.2) is 19.3 Å². The van der Waals surface area contributed by atoms with E-state index in [-0.39, 0.29) is 6.10 Å². The van der Waals surface area contributed by atoms with E-state index in [1.54, 1.807) is 0 Å². The third kappa shape index (κ3) is 4.67. The van der Waals surface area contributed by atoms with Gasteiger partial charge in [0.2, 0.25) is 0 Å². The molecule has 0 amide bonds. The summed E-state index contributed by atoms with van der Waals surface area (Å²) in [5.74, 6) is 0.914. The van der Waals surface area contributed by atoms with Crippen molar-refractivity contribution >= 4 is 15.9 Å². The molecule has 1 aromatic rings. The van der Waals surface area contributed by atoms with E-state index in [0.29, 0.717) is 13.2 Å². The molecule has 0 unspecified atom stereocenters. The summed E-state index contributed by atoms with van der Waals surface area (Å²) in [5.41, 5.74) is 1.14. The van der Waals surface area contributed by atoms with Crippen LogP contribution in [0.1, 0.15) is 19.4 Å². The second-order valence-electron chi connectivity index (χ2n) is 3.68. The first-order valence-corrected chi connectivity index (χ1v) is 5.89. The van der Waals surface area contributed by atoms with Gasteiger partial charge in [-0.3, -0.25) is 0 Å². The van der Waals surface area contributed by atoms with Crippen LogP contribution >= 0.6 is 15.9 Å². The molecule has 0 aliphatic heterocycles. The van der Waals surface area contributed by atoms with E-state index >= 15 is 0 Å². The molecular formula is C12H17BrO2. The summed E-state index contributed by atoms with van der Waals surface area (Å²) in [7, 11) is 0. The van der Waals surface area contributed by atoms with E-state index in [1.807, 2.05) is 39.0 Å². The van der Waals surface area contributed by atoms with Crippen LogP contribution in [0.5, 0.6) is 5.75 Å². The molecule has 15 heavy (non-hydrogen) atoms. The first-order chi connectivity index (χ1) is 7.09. The molecule has 0 atom stereocenters. The lowest BCUT2D eigenvalue weighted by atomic mass is 10.2. The zero-order valence-electron chi connectivity index (χ0n) is 9.42. The van der Waals surface area contributed by atoms with E-state index in [1.165, 1.54) is 0 Å².